The highest BCUT2D eigenvalue weighted by atomic mass is 79.9. The Morgan fingerprint density at radius 1 is 0.906 bits per heavy atom. The third-order valence-electron chi connectivity index (χ3n) is 5.01. The summed E-state index contributed by atoms with van der Waals surface area (Å²) in [6.45, 7) is -0.255. The zero-order valence-electron chi connectivity index (χ0n) is 15.9. The van der Waals surface area contributed by atoms with Crippen molar-refractivity contribution in [3.05, 3.63) is 94.8 Å². The molecular formula is C22H12BrCl5N2O2. The van der Waals surface area contributed by atoms with Gasteiger partial charge in [0.25, 0.3) is 5.91 Å². The molecular weight excluding hydrogens is 581 g/mol. The number of anilines is 1. The van der Waals surface area contributed by atoms with E-state index in [-0.39, 0.29) is 43.1 Å². The summed E-state index contributed by atoms with van der Waals surface area (Å²) in [6, 6.07) is 14.1. The van der Waals surface area contributed by atoms with Gasteiger partial charge in [-0.1, -0.05) is 104 Å². The summed E-state index contributed by atoms with van der Waals surface area (Å²) in [4.78, 5) is 28.0. The summed E-state index contributed by atoms with van der Waals surface area (Å²) in [5, 5.41) is 2.34. The average molecular weight is 594 g/mol. The predicted octanol–water partition coefficient (Wildman–Crippen LogP) is 7.90. The molecule has 4 rings (SSSR count). The van der Waals surface area contributed by atoms with E-state index in [1.807, 2.05) is 42.5 Å². The minimum absolute atomic E-state index is 0.0534. The first-order valence-electron chi connectivity index (χ1n) is 9.17. The minimum Gasteiger partial charge on any atom is -0.324 e. The fourth-order valence-corrected chi connectivity index (χ4v) is 5.28. The number of carbonyl (C=O) groups excluding carboxylic acids is 2. The number of carbonyl (C=O) groups is 2. The summed E-state index contributed by atoms with van der Waals surface area (Å²) in [7, 11) is 0. The first kappa shape index (κ1) is 23.7. The quantitative estimate of drug-likeness (QED) is 0.243. The van der Waals surface area contributed by atoms with Crippen molar-refractivity contribution in [3.63, 3.8) is 0 Å². The first-order chi connectivity index (χ1) is 15.2. The lowest BCUT2D eigenvalue weighted by Gasteiger charge is -2.31. The molecule has 10 heteroatoms. The van der Waals surface area contributed by atoms with E-state index in [0.717, 1.165) is 10.0 Å². The maximum Gasteiger partial charge on any atom is 0.258 e. The molecule has 1 atom stereocenters. The van der Waals surface area contributed by atoms with Gasteiger partial charge in [-0.25, -0.2) is 0 Å². The molecule has 1 aliphatic heterocycles. The van der Waals surface area contributed by atoms with Gasteiger partial charge in [0, 0.05) is 15.7 Å². The van der Waals surface area contributed by atoms with Crippen molar-refractivity contribution in [1.29, 1.82) is 0 Å². The number of nitrogens with one attached hydrogen (secondary N) is 1. The molecule has 164 valence electrons. The summed E-state index contributed by atoms with van der Waals surface area (Å²) < 4.78 is 0.786. The van der Waals surface area contributed by atoms with Gasteiger partial charge in [0.1, 0.15) is 6.54 Å². The molecule has 4 nitrogen and oxygen atoms in total. The van der Waals surface area contributed by atoms with Gasteiger partial charge in [-0.3, -0.25) is 9.59 Å². The van der Waals surface area contributed by atoms with Crippen molar-refractivity contribution in [2.75, 3.05) is 11.9 Å². The van der Waals surface area contributed by atoms with E-state index < -0.39 is 11.9 Å². The monoisotopic (exact) mass is 590 g/mol. The number of fused-ring (bicyclic) bond motifs is 1. The number of rotatable bonds is 2. The normalized spacial score (nSPS) is 15.8. The van der Waals surface area contributed by atoms with Gasteiger partial charge in [0.2, 0.25) is 5.91 Å². The van der Waals surface area contributed by atoms with Gasteiger partial charge >= 0.3 is 0 Å². The fraction of sp³-hybridized carbons (Fsp3) is 0.0909. The molecule has 32 heavy (non-hydrogen) atoms. The molecule has 3 aromatic rings. The maximum atomic E-state index is 13.8. The van der Waals surface area contributed by atoms with Crippen molar-refractivity contribution in [2.24, 2.45) is 0 Å². The molecule has 0 aliphatic carbocycles. The lowest BCUT2D eigenvalue weighted by Crippen LogP contribution is -2.39. The van der Waals surface area contributed by atoms with Crippen LogP contribution in [0.25, 0.3) is 0 Å². The van der Waals surface area contributed by atoms with E-state index in [4.69, 9.17) is 58.0 Å². The van der Waals surface area contributed by atoms with E-state index in [0.29, 0.717) is 11.3 Å². The highest BCUT2D eigenvalue weighted by Gasteiger charge is 2.37. The van der Waals surface area contributed by atoms with E-state index in [9.17, 15) is 9.59 Å². The molecule has 3 aromatic carbocycles. The summed E-state index contributed by atoms with van der Waals surface area (Å²) in [6.07, 6.45) is 0. The summed E-state index contributed by atoms with van der Waals surface area (Å²) in [5.74, 6) is -0.990. The third-order valence-corrected chi connectivity index (χ3v) is 7.78. The highest BCUT2D eigenvalue weighted by molar-refractivity contribution is 9.10. The van der Waals surface area contributed by atoms with Crippen molar-refractivity contribution in [1.82, 2.24) is 4.90 Å². The molecule has 0 unspecified atom stereocenters. The van der Waals surface area contributed by atoms with E-state index in [1.54, 1.807) is 6.07 Å². The lowest BCUT2D eigenvalue weighted by molar-refractivity contribution is -0.117. The fourth-order valence-electron chi connectivity index (χ4n) is 3.60. The average Bonchev–Trinajstić information content (AvgIpc) is 2.92. The standard InChI is InChI=1S/C22H12BrCl5N2O2/c23-11-6-7-13-12(8-11)21(10-4-2-1-3-5-10)30(9-14(31)29-13)22(32)15-16(24)18(26)20(28)19(27)17(15)25/h1-8,21H,9H2,(H,29,31)/t21-/m0/s1. The van der Waals surface area contributed by atoms with Crippen molar-refractivity contribution in [3.8, 4) is 0 Å². The Balaban J connectivity index is 1.96. The highest BCUT2D eigenvalue weighted by Crippen LogP contribution is 2.46. The zero-order valence-corrected chi connectivity index (χ0v) is 21.3. The smallest absolute Gasteiger partial charge is 0.258 e. The number of amides is 2. The van der Waals surface area contributed by atoms with Crippen LogP contribution < -0.4 is 5.32 Å². The molecule has 0 spiro atoms. The van der Waals surface area contributed by atoms with E-state index in [2.05, 4.69) is 21.2 Å². The number of benzene rings is 3. The van der Waals surface area contributed by atoms with Gasteiger partial charge in [0.05, 0.1) is 36.7 Å². The second-order valence-electron chi connectivity index (χ2n) is 6.97. The second kappa shape index (κ2) is 9.41. The first-order valence-corrected chi connectivity index (χ1v) is 11.9. The van der Waals surface area contributed by atoms with Crippen LogP contribution in [0.4, 0.5) is 5.69 Å². The van der Waals surface area contributed by atoms with Crippen LogP contribution in [-0.2, 0) is 4.79 Å². The van der Waals surface area contributed by atoms with Crippen molar-refractivity contribution >= 4 is 91.4 Å². The molecule has 1 heterocycles. The Bertz CT molecular complexity index is 1220. The predicted molar refractivity (Wildman–Crippen MR) is 134 cm³/mol. The van der Waals surface area contributed by atoms with Gasteiger partial charge in [0.15, 0.2) is 0 Å². The van der Waals surface area contributed by atoms with Gasteiger partial charge in [-0.15, -0.1) is 0 Å². The Morgan fingerprint density at radius 3 is 2.12 bits per heavy atom. The van der Waals surface area contributed by atoms with Crippen LogP contribution in [0.2, 0.25) is 25.1 Å². The molecule has 0 radical (unpaired) electrons. The van der Waals surface area contributed by atoms with Crippen LogP contribution in [0.1, 0.15) is 27.5 Å². The van der Waals surface area contributed by atoms with Crippen LogP contribution in [0.15, 0.2) is 53.0 Å². The topological polar surface area (TPSA) is 49.4 Å². The molecule has 1 N–H and O–H groups in total. The van der Waals surface area contributed by atoms with Crippen LogP contribution in [0.5, 0.6) is 0 Å². The van der Waals surface area contributed by atoms with Crippen LogP contribution in [0.3, 0.4) is 0 Å². The number of hydrogen-bond donors (Lipinski definition) is 1. The number of hydrogen-bond acceptors (Lipinski definition) is 2. The largest absolute Gasteiger partial charge is 0.324 e. The Morgan fingerprint density at radius 2 is 1.50 bits per heavy atom. The Labute approximate surface area is 217 Å². The van der Waals surface area contributed by atoms with E-state index >= 15 is 0 Å². The number of halogens is 6. The molecule has 0 bridgehead atoms. The SMILES string of the molecule is O=C1CN(C(=O)c2c(Cl)c(Cl)c(Cl)c(Cl)c2Cl)[C@@H](c2ccccc2)c2cc(Br)ccc2N1. The molecule has 0 fully saturated rings. The Hall–Kier alpha value is -1.47. The van der Waals surface area contributed by atoms with E-state index in [1.165, 1.54) is 4.90 Å². The third kappa shape index (κ3) is 4.23. The van der Waals surface area contributed by atoms with Crippen LogP contribution >= 0.6 is 73.9 Å². The minimum atomic E-state index is -0.629. The molecule has 0 aromatic heterocycles. The molecule has 0 saturated heterocycles. The zero-order chi connectivity index (χ0) is 23.2. The summed E-state index contributed by atoms with van der Waals surface area (Å²) >= 11 is 34.7. The molecule has 1 aliphatic rings. The van der Waals surface area contributed by atoms with Crippen LogP contribution in [-0.4, -0.2) is 23.3 Å². The molecule has 0 saturated carbocycles. The van der Waals surface area contributed by atoms with Crippen molar-refractivity contribution in [2.45, 2.75) is 6.04 Å². The van der Waals surface area contributed by atoms with Crippen LogP contribution in [0, 0.1) is 0 Å². The molecule has 2 amide bonds. The number of nitrogens with zero attached hydrogens (tertiary/aromatic N) is 1. The second-order valence-corrected chi connectivity index (χ2v) is 9.78. The summed E-state index contributed by atoms with van der Waals surface area (Å²) in [5.41, 5.74) is 1.96. The maximum absolute atomic E-state index is 13.8. The van der Waals surface area contributed by atoms with Gasteiger partial charge in [-0.05, 0) is 23.8 Å². The van der Waals surface area contributed by atoms with Gasteiger partial charge in [-0.2, -0.15) is 0 Å². The lowest BCUT2D eigenvalue weighted by atomic mass is 9.95. The van der Waals surface area contributed by atoms with Crippen molar-refractivity contribution < 1.29 is 9.59 Å². The van der Waals surface area contributed by atoms with Gasteiger partial charge < -0.3 is 10.2 Å². The Kier molecular flexibility index (Phi) is 6.97.